The summed E-state index contributed by atoms with van der Waals surface area (Å²) in [5, 5.41) is 9.41. The Balaban J connectivity index is 1.32. The van der Waals surface area contributed by atoms with Gasteiger partial charge < -0.3 is 25.2 Å². The van der Waals surface area contributed by atoms with E-state index < -0.39 is 6.29 Å². The van der Waals surface area contributed by atoms with Crippen LogP contribution in [0.15, 0.2) is 48.5 Å². The first-order valence-corrected chi connectivity index (χ1v) is 12.5. The molecular weight excluding hydrogens is 414 g/mol. The molecule has 6 heteroatoms. The molecule has 2 aromatic carbocycles. The predicted molar refractivity (Wildman–Crippen MR) is 130 cm³/mol. The number of aliphatic hydroxyl groups excluding tert-OH is 1. The van der Waals surface area contributed by atoms with Crippen LogP contribution in [-0.4, -0.2) is 59.8 Å². The highest BCUT2D eigenvalue weighted by molar-refractivity contribution is 5.41. The van der Waals surface area contributed by atoms with Crippen LogP contribution in [0.5, 0.6) is 0 Å². The van der Waals surface area contributed by atoms with E-state index >= 15 is 0 Å². The largest absolute Gasteiger partial charge is 0.399 e. The second-order valence-electron chi connectivity index (χ2n) is 9.82. The molecule has 33 heavy (non-hydrogen) atoms. The van der Waals surface area contributed by atoms with E-state index in [1.165, 1.54) is 45.3 Å². The number of hydrogen-bond acceptors (Lipinski definition) is 6. The molecule has 178 valence electrons. The number of anilines is 1. The lowest BCUT2D eigenvalue weighted by molar-refractivity contribution is -0.253. The molecule has 3 aliphatic heterocycles. The number of nitrogen functional groups attached to an aromatic ring is 1. The van der Waals surface area contributed by atoms with E-state index in [2.05, 4.69) is 21.9 Å². The number of ether oxygens (including phenoxy) is 2. The van der Waals surface area contributed by atoms with E-state index in [1.807, 2.05) is 36.4 Å². The summed E-state index contributed by atoms with van der Waals surface area (Å²) in [5.74, 6) is 0. The van der Waals surface area contributed by atoms with Crippen molar-refractivity contribution in [2.24, 2.45) is 0 Å². The van der Waals surface area contributed by atoms with Crippen molar-refractivity contribution in [1.29, 1.82) is 0 Å². The minimum atomic E-state index is -0.436. The van der Waals surface area contributed by atoms with Crippen LogP contribution in [0.4, 0.5) is 5.69 Å². The van der Waals surface area contributed by atoms with Gasteiger partial charge in [0.1, 0.15) is 0 Å². The van der Waals surface area contributed by atoms with E-state index in [9.17, 15) is 5.11 Å². The summed E-state index contributed by atoms with van der Waals surface area (Å²) in [7, 11) is 0. The molecule has 0 bridgehead atoms. The second kappa shape index (κ2) is 10.5. The molecule has 5 rings (SSSR count). The molecule has 0 spiro atoms. The molecule has 3 fully saturated rings. The Morgan fingerprint density at radius 3 is 2.48 bits per heavy atom. The van der Waals surface area contributed by atoms with Gasteiger partial charge in [-0.2, -0.15) is 0 Å². The van der Waals surface area contributed by atoms with E-state index in [0.29, 0.717) is 6.04 Å². The van der Waals surface area contributed by atoms with Crippen molar-refractivity contribution in [2.75, 3.05) is 38.5 Å². The summed E-state index contributed by atoms with van der Waals surface area (Å²) in [6.07, 6.45) is 5.66. The number of nitrogens with two attached hydrogens (primary N) is 1. The maximum absolute atomic E-state index is 9.41. The molecule has 0 aromatic heterocycles. The van der Waals surface area contributed by atoms with Crippen molar-refractivity contribution in [3.05, 3.63) is 65.2 Å². The van der Waals surface area contributed by atoms with E-state index in [-0.39, 0.29) is 18.8 Å². The van der Waals surface area contributed by atoms with Crippen molar-refractivity contribution in [1.82, 2.24) is 9.80 Å². The van der Waals surface area contributed by atoms with Gasteiger partial charge in [0.2, 0.25) is 0 Å². The Kier molecular flexibility index (Phi) is 7.28. The van der Waals surface area contributed by atoms with E-state index in [1.54, 1.807) is 0 Å². The molecule has 3 N–H and O–H groups in total. The third-order valence-corrected chi connectivity index (χ3v) is 7.40. The van der Waals surface area contributed by atoms with Gasteiger partial charge in [-0.1, -0.05) is 36.4 Å². The van der Waals surface area contributed by atoms with Crippen LogP contribution in [0, 0.1) is 0 Å². The zero-order valence-corrected chi connectivity index (χ0v) is 19.4. The normalized spacial score (nSPS) is 29.0. The van der Waals surface area contributed by atoms with Crippen LogP contribution in [0.1, 0.15) is 61.2 Å². The van der Waals surface area contributed by atoms with Crippen LogP contribution < -0.4 is 5.73 Å². The first-order valence-electron chi connectivity index (χ1n) is 12.5. The Morgan fingerprint density at radius 2 is 1.73 bits per heavy atom. The maximum Gasteiger partial charge on any atom is 0.185 e. The van der Waals surface area contributed by atoms with Crippen LogP contribution in [0.3, 0.4) is 0 Å². The topological polar surface area (TPSA) is 71.2 Å². The van der Waals surface area contributed by atoms with Gasteiger partial charge in [0.05, 0.1) is 18.8 Å². The SMILES string of the molecule is Nc1cccc([C@H]2O[C@@H](CN3CCC[C@H]3CN3CCCC3)C[C@@H](c3ccc(CO)cc3)O2)c1. The summed E-state index contributed by atoms with van der Waals surface area (Å²) in [6.45, 7) is 5.83. The van der Waals surface area contributed by atoms with Gasteiger partial charge in [0.15, 0.2) is 6.29 Å². The van der Waals surface area contributed by atoms with E-state index in [4.69, 9.17) is 15.2 Å². The molecule has 3 heterocycles. The fourth-order valence-electron chi connectivity index (χ4n) is 5.61. The van der Waals surface area contributed by atoms with Crippen LogP contribution in [-0.2, 0) is 16.1 Å². The summed E-state index contributed by atoms with van der Waals surface area (Å²) in [6, 6.07) is 16.5. The lowest BCUT2D eigenvalue weighted by Gasteiger charge is -2.39. The lowest BCUT2D eigenvalue weighted by Crippen LogP contribution is -2.45. The summed E-state index contributed by atoms with van der Waals surface area (Å²) >= 11 is 0. The molecule has 4 atom stereocenters. The van der Waals surface area contributed by atoms with Gasteiger partial charge >= 0.3 is 0 Å². The summed E-state index contributed by atoms with van der Waals surface area (Å²) in [5.41, 5.74) is 9.78. The molecular formula is C27H37N3O3. The molecule has 3 aliphatic rings. The first-order chi connectivity index (χ1) is 16.2. The molecule has 6 nitrogen and oxygen atoms in total. The fraction of sp³-hybridized carbons (Fsp3) is 0.556. The maximum atomic E-state index is 9.41. The molecule has 0 aliphatic carbocycles. The minimum Gasteiger partial charge on any atom is -0.399 e. The number of benzene rings is 2. The third-order valence-electron chi connectivity index (χ3n) is 7.40. The molecule has 0 radical (unpaired) electrons. The average molecular weight is 452 g/mol. The zero-order valence-electron chi connectivity index (χ0n) is 19.4. The molecule has 2 aromatic rings. The second-order valence-corrected chi connectivity index (χ2v) is 9.82. The molecule has 0 unspecified atom stereocenters. The Morgan fingerprint density at radius 1 is 0.909 bits per heavy atom. The number of nitrogens with zero attached hydrogens (tertiary/aromatic N) is 2. The number of rotatable bonds is 7. The van der Waals surface area contributed by atoms with E-state index in [0.717, 1.165) is 41.9 Å². The highest BCUT2D eigenvalue weighted by atomic mass is 16.7. The number of aliphatic hydroxyl groups is 1. The summed E-state index contributed by atoms with van der Waals surface area (Å²) in [4.78, 5) is 5.28. The van der Waals surface area contributed by atoms with Gasteiger partial charge in [0, 0.05) is 36.8 Å². The average Bonchev–Trinajstić information content (AvgIpc) is 3.52. The molecule has 0 amide bonds. The number of hydrogen-bond donors (Lipinski definition) is 2. The van der Waals surface area contributed by atoms with Gasteiger partial charge in [-0.05, 0) is 68.6 Å². The quantitative estimate of drug-likeness (QED) is 0.623. The van der Waals surface area contributed by atoms with Crippen LogP contribution in [0.2, 0.25) is 0 Å². The van der Waals surface area contributed by atoms with Crippen LogP contribution >= 0.6 is 0 Å². The monoisotopic (exact) mass is 451 g/mol. The zero-order chi connectivity index (χ0) is 22.6. The minimum absolute atomic E-state index is 0.0524. The first kappa shape index (κ1) is 22.8. The lowest BCUT2D eigenvalue weighted by atomic mass is 9.99. The Hall–Kier alpha value is -1.96. The van der Waals surface area contributed by atoms with Crippen molar-refractivity contribution in [3.63, 3.8) is 0 Å². The predicted octanol–water partition coefficient (Wildman–Crippen LogP) is 3.87. The molecule has 0 saturated carbocycles. The van der Waals surface area contributed by atoms with Crippen LogP contribution in [0.25, 0.3) is 0 Å². The molecule has 3 saturated heterocycles. The Labute approximate surface area is 197 Å². The van der Waals surface area contributed by atoms with Crippen molar-refractivity contribution in [3.8, 4) is 0 Å². The fourth-order valence-corrected chi connectivity index (χ4v) is 5.61. The van der Waals surface area contributed by atoms with Gasteiger partial charge in [-0.25, -0.2) is 0 Å². The van der Waals surface area contributed by atoms with Crippen molar-refractivity contribution < 1.29 is 14.6 Å². The summed E-state index contributed by atoms with van der Waals surface area (Å²) < 4.78 is 13.0. The van der Waals surface area contributed by atoms with Gasteiger partial charge in [0.25, 0.3) is 0 Å². The third kappa shape index (κ3) is 5.58. The highest BCUT2D eigenvalue weighted by Gasteiger charge is 2.36. The number of likely N-dealkylation sites (tertiary alicyclic amines) is 2. The Bertz CT molecular complexity index is 900. The highest BCUT2D eigenvalue weighted by Crippen LogP contribution is 2.39. The van der Waals surface area contributed by atoms with Crippen molar-refractivity contribution >= 4 is 5.69 Å². The smallest absolute Gasteiger partial charge is 0.185 e. The standard InChI is InChI=1S/C27H37N3O3/c28-23-6-3-5-22(15-23)27-32-25(16-26(33-27)21-10-8-20(19-31)9-11-21)18-30-14-4-7-24(30)17-29-12-1-2-13-29/h3,5-6,8-11,15,24-27,31H,1-2,4,7,12-14,16-19,28H2/t24-,25+,26-,27-/m0/s1. The van der Waals surface area contributed by atoms with Gasteiger partial charge in [-0.15, -0.1) is 0 Å². The van der Waals surface area contributed by atoms with Crippen molar-refractivity contribution in [2.45, 2.75) is 63.3 Å². The van der Waals surface area contributed by atoms with Gasteiger partial charge in [-0.3, -0.25) is 4.90 Å².